The van der Waals surface area contributed by atoms with E-state index in [1.54, 1.807) is 29.8 Å². The first-order chi connectivity index (χ1) is 14.0. The highest BCUT2D eigenvalue weighted by Gasteiger charge is 2.15. The number of rotatable bonds is 1. The molecule has 0 atom stereocenters. The van der Waals surface area contributed by atoms with Crippen molar-refractivity contribution in [3.05, 3.63) is 86.5 Å². The van der Waals surface area contributed by atoms with Crippen LogP contribution in [0, 0.1) is 0 Å². The van der Waals surface area contributed by atoms with Crippen molar-refractivity contribution in [3.8, 4) is 0 Å². The number of aryl methyl sites for hydroxylation is 1. The Morgan fingerprint density at radius 1 is 1.07 bits per heavy atom. The van der Waals surface area contributed by atoms with Gasteiger partial charge in [0, 0.05) is 12.4 Å². The number of para-hydroxylation sites is 1. The molecular weight excluding hydrogens is 408 g/mol. The average Bonchev–Trinajstić information content (AvgIpc) is 3.03. The summed E-state index contributed by atoms with van der Waals surface area (Å²) in [6.07, 6.45) is 0. The van der Waals surface area contributed by atoms with Gasteiger partial charge >= 0.3 is 5.63 Å². The molecule has 0 N–H and O–H groups in total. The number of hydrogen-bond donors (Lipinski definition) is 0. The van der Waals surface area contributed by atoms with Crippen LogP contribution < -0.4 is 10.4 Å². The fraction of sp³-hybridized carbons (Fsp3) is 0.0455. The van der Waals surface area contributed by atoms with Crippen LogP contribution in [0.15, 0.2) is 74.9 Å². The van der Waals surface area contributed by atoms with Gasteiger partial charge in [-0.2, -0.15) is 4.99 Å². The van der Waals surface area contributed by atoms with E-state index in [-0.39, 0.29) is 5.56 Å². The number of hydrogen-bond acceptors (Lipinski definition) is 4. The Labute approximate surface area is 173 Å². The van der Waals surface area contributed by atoms with Crippen LogP contribution in [0.2, 0.25) is 5.02 Å². The van der Waals surface area contributed by atoms with E-state index < -0.39 is 11.5 Å². The number of amides is 1. The molecular formula is C22H13ClN2O3S. The molecule has 1 amide bonds. The quantitative estimate of drug-likeness (QED) is 0.286. The number of fused-ring (bicyclic) bond motifs is 4. The molecule has 5 rings (SSSR count). The van der Waals surface area contributed by atoms with E-state index in [0.717, 1.165) is 21.0 Å². The minimum absolute atomic E-state index is 0.0996. The fourth-order valence-electron chi connectivity index (χ4n) is 3.43. The van der Waals surface area contributed by atoms with Gasteiger partial charge in [-0.25, -0.2) is 4.79 Å². The second-order valence-corrected chi connectivity index (χ2v) is 8.01. The number of aromatic nitrogens is 1. The van der Waals surface area contributed by atoms with Crippen molar-refractivity contribution in [2.75, 3.05) is 0 Å². The summed E-state index contributed by atoms with van der Waals surface area (Å²) in [7, 11) is 1.78. The van der Waals surface area contributed by atoms with Crippen LogP contribution in [-0.4, -0.2) is 10.5 Å². The number of thiazole rings is 1. The minimum Gasteiger partial charge on any atom is -0.422 e. The Bertz CT molecular complexity index is 1580. The van der Waals surface area contributed by atoms with Gasteiger partial charge in [0.15, 0.2) is 4.80 Å². The largest absolute Gasteiger partial charge is 0.422 e. The Morgan fingerprint density at radius 3 is 2.72 bits per heavy atom. The summed E-state index contributed by atoms with van der Waals surface area (Å²) in [5.74, 6) is -0.646. The fourth-order valence-corrected chi connectivity index (χ4v) is 4.83. The summed E-state index contributed by atoms with van der Waals surface area (Å²) < 4.78 is 8.06. The van der Waals surface area contributed by atoms with Crippen molar-refractivity contribution in [1.82, 2.24) is 4.57 Å². The van der Waals surface area contributed by atoms with Gasteiger partial charge in [-0.3, -0.25) is 4.79 Å². The maximum atomic E-state index is 12.9. The van der Waals surface area contributed by atoms with E-state index in [1.165, 1.54) is 11.3 Å². The molecule has 29 heavy (non-hydrogen) atoms. The molecule has 2 heterocycles. The average molecular weight is 421 g/mol. The van der Waals surface area contributed by atoms with Gasteiger partial charge < -0.3 is 8.98 Å². The smallest absolute Gasteiger partial charge is 0.349 e. The molecule has 7 heteroatoms. The number of halogens is 1. The lowest BCUT2D eigenvalue weighted by Crippen LogP contribution is -2.18. The molecule has 0 aliphatic rings. The van der Waals surface area contributed by atoms with Gasteiger partial charge in [0.05, 0.1) is 15.2 Å². The number of benzene rings is 3. The van der Waals surface area contributed by atoms with Gasteiger partial charge in [0.25, 0.3) is 5.91 Å². The number of nitrogens with zero attached hydrogens (tertiary/aromatic N) is 2. The van der Waals surface area contributed by atoms with Gasteiger partial charge in [-0.15, -0.1) is 0 Å². The molecule has 0 spiro atoms. The summed E-state index contributed by atoms with van der Waals surface area (Å²) >= 11 is 7.60. The summed E-state index contributed by atoms with van der Waals surface area (Å²) in [4.78, 5) is 29.9. The molecule has 142 valence electrons. The van der Waals surface area contributed by atoms with Crippen molar-refractivity contribution in [3.63, 3.8) is 0 Å². The van der Waals surface area contributed by atoms with E-state index >= 15 is 0 Å². The molecule has 5 aromatic rings. The Morgan fingerprint density at radius 2 is 1.90 bits per heavy atom. The lowest BCUT2D eigenvalue weighted by atomic mass is 10.0. The zero-order chi connectivity index (χ0) is 20.1. The van der Waals surface area contributed by atoms with Crippen LogP contribution in [0.5, 0.6) is 0 Å². The third kappa shape index (κ3) is 2.88. The zero-order valence-corrected chi connectivity index (χ0v) is 16.8. The molecule has 0 saturated heterocycles. The number of carbonyl (C=O) groups is 1. The van der Waals surface area contributed by atoms with Gasteiger partial charge in [-0.1, -0.05) is 59.3 Å². The van der Waals surface area contributed by atoms with Crippen LogP contribution in [-0.2, 0) is 7.05 Å². The lowest BCUT2D eigenvalue weighted by molar-refractivity contribution is 0.0994. The van der Waals surface area contributed by atoms with E-state index in [0.29, 0.717) is 20.8 Å². The normalized spacial score (nSPS) is 12.3. The van der Waals surface area contributed by atoms with Gasteiger partial charge in [0.1, 0.15) is 11.1 Å². The first kappa shape index (κ1) is 17.8. The van der Waals surface area contributed by atoms with Crippen LogP contribution in [0.4, 0.5) is 0 Å². The van der Waals surface area contributed by atoms with E-state index in [2.05, 4.69) is 4.99 Å². The minimum atomic E-state index is -0.705. The highest BCUT2D eigenvalue weighted by Crippen LogP contribution is 2.26. The highest BCUT2D eigenvalue weighted by atomic mass is 35.5. The highest BCUT2D eigenvalue weighted by molar-refractivity contribution is 7.16. The van der Waals surface area contributed by atoms with Crippen LogP contribution in [0.3, 0.4) is 0 Å². The first-order valence-electron chi connectivity index (χ1n) is 8.81. The van der Waals surface area contributed by atoms with Gasteiger partial charge in [-0.05, 0) is 35.0 Å². The first-order valence-corrected chi connectivity index (χ1v) is 10.0. The molecule has 0 fully saturated rings. The molecule has 3 aromatic carbocycles. The van der Waals surface area contributed by atoms with Crippen molar-refractivity contribution in [2.45, 2.75) is 0 Å². The van der Waals surface area contributed by atoms with Crippen LogP contribution in [0.25, 0.3) is 32.0 Å². The Kier molecular flexibility index (Phi) is 4.12. The van der Waals surface area contributed by atoms with Crippen molar-refractivity contribution >= 4 is 60.8 Å². The zero-order valence-electron chi connectivity index (χ0n) is 15.2. The van der Waals surface area contributed by atoms with Crippen molar-refractivity contribution < 1.29 is 9.21 Å². The SMILES string of the molecule is Cn1c(=NC(=O)c2cc3c(ccc4ccccc43)oc2=O)sc2cccc(Cl)c21. The van der Waals surface area contributed by atoms with Crippen molar-refractivity contribution in [2.24, 2.45) is 12.0 Å². The summed E-state index contributed by atoms with van der Waals surface area (Å²) in [5.41, 5.74) is 0.424. The molecule has 0 unspecified atom stereocenters. The molecule has 5 nitrogen and oxygen atoms in total. The molecule has 0 bridgehead atoms. The Hall–Kier alpha value is -3.22. The summed E-state index contributed by atoms with van der Waals surface area (Å²) in [6.45, 7) is 0. The Balaban J connectivity index is 1.72. The van der Waals surface area contributed by atoms with E-state index in [9.17, 15) is 9.59 Å². The summed E-state index contributed by atoms with van der Waals surface area (Å²) in [5, 5.41) is 3.17. The second-order valence-electron chi connectivity index (χ2n) is 6.59. The van der Waals surface area contributed by atoms with E-state index in [4.69, 9.17) is 16.0 Å². The maximum Gasteiger partial charge on any atom is 0.349 e. The van der Waals surface area contributed by atoms with Crippen LogP contribution >= 0.6 is 22.9 Å². The topological polar surface area (TPSA) is 64.6 Å². The standard InChI is InChI=1S/C22H13ClN2O3S/c1-25-19-16(23)7-4-8-18(19)29-22(25)24-20(26)15-11-14-13-6-3-2-5-12(13)9-10-17(14)28-21(15)27/h2-11H,1H3. The molecule has 0 aliphatic heterocycles. The second kappa shape index (κ2) is 6.69. The van der Waals surface area contributed by atoms with Gasteiger partial charge in [0.2, 0.25) is 0 Å². The predicted octanol–water partition coefficient (Wildman–Crippen LogP) is 4.89. The molecule has 0 saturated carbocycles. The molecule has 0 aliphatic carbocycles. The lowest BCUT2D eigenvalue weighted by Gasteiger charge is -2.03. The maximum absolute atomic E-state index is 12.9. The monoisotopic (exact) mass is 420 g/mol. The molecule has 2 aromatic heterocycles. The molecule has 0 radical (unpaired) electrons. The van der Waals surface area contributed by atoms with E-state index in [1.807, 2.05) is 42.5 Å². The summed E-state index contributed by atoms with van der Waals surface area (Å²) in [6, 6.07) is 18.4. The number of carbonyl (C=O) groups excluding carboxylic acids is 1. The third-order valence-corrected chi connectivity index (χ3v) is 6.24. The predicted molar refractivity (Wildman–Crippen MR) is 116 cm³/mol. The third-order valence-electron chi connectivity index (χ3n) is 4.84. The van der Waals surface area contributed by atoms with Crippen molar-refractivity contribution in [1.29, 1.82) is 0 Å². The van der Waals surface area contributed by atoms with Crippen LogP contribution in [0.1, 0.15) is 10.4 Å².